The van der Waals surface area contributed by atoms with E-state index in [1.807, 2.05) is 24.8 Å². The standard InChI is InChI=1S/C20H30N2O4/c1-12(2)22-13(3)11-17(14(22)4)19(23)21-8-5-15(6-9-21)18-16(20(24)25)7-10-26-18/h11-12,15-16,18H,5-10H2,1-4H3,(H,24,25)/t16?,18-/m0/s1. The lowest BCUT2D eigenvalue weighted by atomic mass is 9.84. The zero-order chi connectivity index (χ0) is 19.0. The normalized spacial score (nSPS) is 24.4. The van der Waals surface area contributed by atoms with E-state index in [1.165, 1.54) is 0 Å². The van der Waals surface area contributed by atoms with Gasteiger partial charge in [-0.3, -0.25) is 9.59 Å². The molecule has 0 spiro atoms. The van der Waals surface area contributed by atoms with Crippen molar-refractivity contribution in [1.82, 2.24) is 9.47 Å². The first-order chi connectivity index (χ1) is 12.3. The zero-order valence-corrected chi connectivity index (χ0v) is 16.2. The quantitative estimate of drug-likeness (QED) is 0.894. The number of ether oxygens (including phenoxy) is 1. The number of carboxylic acids is 1. The molecule has 0 aliphatic carbocycles. The predicted octanol–water partition coefficient (Wildman–Crippen LogP) is 3.03. The topological polar surface area (TPSA) is 71.8 Å². The summed E-state index contributed by atoms with van der Waals surface area (Å²) in [5.41, 5.74) is 2.92. The Morgan fingerprint density at radius 2 is 1.85 bits per heavy atom. The number of amides is 1. The molecule has 1 N–H and O–H groups in total. The van der Waals surface area contributed by atoms with Crippen LogP contribution in [0.3, 0.4) is 0 Å². The molecule has 3 rings (SSSR count). The molecule has 0 radical (unpaired) electrons. The minimum absolute atomic E-state index is 0.0885. The number of rotatable bonds is 4. The minimum Gasteiger partial charge on any atom is -0.481 e. The summed E-state index contributed by atoms with van der Waals surface area (Å²) in [4.78, 5) is 26.3. The van der Waals surface area contributed by atoms with Gasteiger partial charge in [-0.2, -0.15) is 0 Å². The average Bonchev–Trinajstić information content (AvgIpc) is 3.19. The highest BCUT2D eigenvalue weighted by atomic mass is 16.5. The number of aliphatic carboxylic acids is 1. The van der Waals surface area contributed by atoms with Crippen LogP contribution in [0.4, 0.5) is 0 Å². The Hall–Kier alpha value is -1.82. The number of nitrogens with zero attached hydrogens (tertiary/aromatic N) is 2. The first-order valence-corrected chi connectivity index (χ1v) is 9.63. The van der Waals surface area contributed by atoms with Gasteiger partial charge in [0.05, 0.1) is 17.6 Å². The Balaban J connectivity index is 1.66. The van der Waals surface area contributed by atoms with E-state index in [-0.39, 0.29) is 17.9 Å². The first-order valence-electron chi connectivity index (χ1n) is 9.63. The summed E-state index contributed by atoms with van der Waals surface area (Å²) in [6.07, 6.45) is 2.02. The third-order valence-corrected chi connectivity index (χ3v) is 5.98. The Kier molecular flexibility index (Phi) is 5.42. The number of carbonyl (C=O) groups is 2. The van der Waals surface area contributed by atoms with Crippen molar-refractivity contribution in [1.29, 1.82) is 0 Å². The van der Waals surface area contributed by atoms with Gasteiger partial charge in [0.15, 0.2) is 0 Å². The molecule has 2 atom stereocenters. The molecule has 1 aromatic heterocycles. The largest absolute Gasteiger partial charge is 0.481 e. The van der Waals surface area contributed by atoms with Gasteiger partial charge < -0.3 is 19.3 Å². The summed E-state index contributed by atoms with van der Waals surface area (Å²) >= 11 is 0. The van der Waals surface area contributed by atoms with Crippen molar-refractivity contribution in [2.24, 2.45) is 11.8 Å². The molecule has 3 heterocycles. The molecule has 2 saturated heterocycles. The highest BCUT2D eigenvalue weighted by molar-refractivity contribution is 5.95. The highest BCUT2D eigenvalue weighted by Gasteiger charge is 2.41. The third-order valence-electron chi connectivity index (χ3n) is 5.98. The molecule has 2 fully saturated rings. The molecule has 2 aliphatic heterocycles. The van der Waals surface area contributed by atoms with Gasteiger partial charge in [-0.25, -0.2) is 0 Å². The number of hydrogen-bond donors (Lipinski definition) is 1. The van der Waals surface area contributed by atoms with Gasteiger partial charge in [0, 0.05) is 37.1 Å². The molecule has 0 aromatic carbocycles. The van der Waals surface area contributed by atoms with Gasteiger partial charge in [0.2, 0.25) is 0 Å². The Bertz CT molecular complexity index is 686. The van der Waals surface area contributed by atoms with E-state index in [0.717, 1.165) is 29.8 Å². The van der Waals surface area contributed by atoms with Crippen LogP contribution < -0.4 is 0 Å². The molecular formula is C20H30N2O4. The maximum absolute atomic E-state index is 13.0. The molecule has 1 amide bonds. The lowest BCUT2D eigenvalue weighted by Crippen LogP contribution is -2.43. The second-order valence-corrected chi connectivity index (χ2v) is 7.95. The highest BCUT2D eigenvalue weighted by Crippen LogP contribution is 2.34. The Labute approximate surface area is 155 Å². The molecule has 1 unspecified atom stereocenters. The number of likely N-dealkylation sites (tertiary alicyclic amines) is 1. The van der Waals surface area contributed by atoms with E-state index < -0.39 is 11.9 Å². The maximum Gasteiger partial charge on any atom is 0.309 e. The van der Waals surface area contributed by atoms with Crippen LogP contribution in [-0.2, 0) is 9.53 Å². The zero-order valence-electron chi connectivity index (χ0n) is 16.2. The lowest BCUT2D eigenvalue weighted by molar-refractivity contribution is -0.145. The smallest absolute Gasteiger partial charge is 0.309 e. The van der Waals surface area contributed by atoms with Crippen molar-refractivity contribution in [3.8, 4) is 0 Å². The molecular weight excluding hydrogens is 332 g/mol. The maximum atomic E-state index is 13.0. The van der Waals surface area contributed by atoms with Crippen molar-refractivity contribution >= 4 is 11.9 Å². The number of piperidine rings is 1. The van der Waals surface area contributed by atoms with Crippen molar-refractivity contribution in [2.75, 3.05) is 19.7 Å². The fourth-order valence-corrected chi connectivity index (χ4v) is 4.73. The van der Waals surface area contributed by atoms with Crippen LogP contribution in [0.5, 0.6) is 0 Å². The number of carboxylic acid groups (broad SMARTS) is 1. The lowest BCUT2D eigenvalue weighted by Gasteiger charge is -2.35. The van der Waals surface area contributed by atoms with E-state index in [1.54, 1.807) is 0 Å². The molecule has 1 aromatic rings. The summed E-state index contributed by atoms with van der Waals surface area (Å²) in [5.74, 6) is -0.837. The van der Waals surface area contributed by atoms with Crippen LogP contribution in [-0.4, -0.2) is 52.3 Å². The van der Waals surface area contributed by atoms with Gasteiger partial charge >= 0.3 is 5.97 Å². The summed E-state index contributed by atoms with van der Waals surface area (Å²) in [5, 5.41) is 9.36. The second-order valence-electron chi connectivity index (χ2n) is 7.95. The van der Waals surface area contributed by atoms with E-state index in [9.17, 15) is 14.7 Å². The fraction of sp³-hybridized carbons (Fsp3) is 0.700. The predicted molar refractivity (Wildman–Crippen MR) is 98.4 cm³/mol. The second kappa shape index (κ2) is 7.43. The molecule has 0 saturated carbocycles. The van der Waals surface area contributed by atoms with Gasteiger partial charge in [0.1, 0.15) is 0 Å². The van der Waals surface area contributed by atoms with Gasteiger partial charge in [-0.05, 0) is 58.9 Å². The number of carbonyl (C=O) groups excluding carboxylic acids is 1. The number of aromatic nitrogens is 1. The summed E-state index contributed by atoms with van der Waals surface area (Å²) in [7, 11) is 0. The van der Waals surface area contributed by atoms with Crippen LogP contribution in [0, 0.1) is 25.7 Å². The van der Waals surface area contributed by atoms with Crippen LogP contribution in [0.15, 0.2) is 6.07 Å². The monoisotopic (exact) mass is 362 g/mol. The molecule has 144 valence electrons. The first kappa shape index (κ1) is 19.0. The molecule has 26 heavy (non-hydrogen) atoms. The molecule has 6 heteroatoms. The van der Waals surface area contributed by atoms with Crippen molar-refractivity contribution in [3.05, 3.63) is 23.0 Å². The Morgan fingerprint density at radius 1 is 1.19 bits per heavy atom. The minimum atomic E-state index is -0.757. The van der Waals surface area contributed by atoms with Crippen molar-refractivity contribution in [2.45, 2.75) is 59.1 Å². The van der Waals surface area contributed by atoms with Gasteiger partial charge in [0.25, 0.3) is 5.91 Å². The third kappa shape index (κ3) is 3.39. The summed E-state index contributed by atoms with van der Waals surface area (Å²) in [6.45, 7) is 10.2. The van der Waals surface area contributed by atoms with Gasteiger partial charge in [-0.15, -0.1) is 0 Å². The summed E-state index contributed by atoms with van der Waals surface area (Å²) in [6, 6.07) is 2.32. The van der Waals surface area contributed by atoms with Crippen LogP contribution in [0.2, 0.25) is 0 Å². The van der Waals surface area contributed by atoms with E-state index in [4.69, 9.17) is 4.74 Å². The van der Waals surface area contributed by atoms with Gasteiger partial charge in [-0.1, -0.05) is 0 Å². The average molecular weight is 362 g/mol. The molecule has 2 aliphatic rings. The van der Waals surface area contributed by atoms with E-state index >= 15 is 0 Å². The van der Waals surface area contributed by atoms with E-state index in [0.29, 0.717) is 32.2 Å². The van der Waals surface area contributed by atoms with Crippen LogP contribution in [0.25, 0.3) is 0 Å². The SMILES string of the molecule is Cc1cc(C(=O)N2CCC([C@@H]3OCCC3C(=O)O)CC2)c(C)n1C(C)C. The number of hydrogen-bond acceptors (Lipinski definition) is 3. The van der Waals surface area contributed by atoms with E-state index in [2.05, 4.69) is 18.4 Å². The Morgan fingerprint density at radius 3 is 2.38 bits per heavy atom. The molecule has 0 bridgehead atoms. The van der Waals surface area contributed by atoms with Crippen LogP contribution in [0.1, 0.15) is 60.9 Å². The van der Waals surface area contributed by atoms with Crippen molar-refractivity contribution < 1.29 is 19.4 Å². The van der Waals surface area contributed by atoms with Crippen molar-refractivity contribution in [3.63, 3.8) is 0 Å². The fourth-order valence-electron chi connectivity index (χ4n) is 4.73. The number of aryl methyl sites for hydroxylation is 1. The van der Waals surface area contributed by atoms with Crippen LogP contribution >= 0.6 is 0 Å². The summed E-state index contributed by atoms with van der Waals surface area (Å²) < 4.78 is 7.92. The molecule has 6 nitrogen and oxygen atoms in total.